The van der Waals surface area contributed by atoms with Crippen molar-refractivity contribution in [2.24, 2.45) is 0 Å². The van der Waals surface area contributed by atoms with Gasteiger partial charge in [0.25, 0.3) is 0 Å². The lowest BCUT2D eigenvalue weighted by Crippen LogP contribution is -2.04. The molecule has 3 rings (SSSR count). The monoisotopic (exact) mass is 484 g/mol. The third-order valence-corrected chi connectivity index (χ3v) is 4.89. The zero-order chi connectivity index (χ0) is 19.0. The van der Waals surface area contributed by atoms with Gasteiger partial charge >= 0.3 is 6.18 Å². The standard InChI is InChI=1S/C13H11Br.C8H6BrF3/c14-10-11-5-4-8-13(9-11)12-6-2-1-3-7-12;9-5-6-2-1-3-7(4-6)8(10,11)12/h1-9H,10H2;1-4H,5H2. The number of halogens is 5. The number of benzene rings is 3. The van der Waals surface area contributed by atoms with E-state index in [2.05, 4.69) is 80.4 Å². The quantitative estimate of drug-likeness (QED) is 0.331. The van der Waals surface area contributed by atoms with Crippen LogP contribution in [-0.4, -0.2) is 0 Å². The van der Waals surface area contributed by atoms with Crippen LogP contribution < -0.4 is 0 Å². The minimum Gasteiger partial charge on any atom is -0.166 e. The summed E-state index contributed by atoms with van der Waals surface area (Å²) in [4.78, 5) is 0. The predicted octanol–water partition coefficient (Wildman–Crippen LogP) is 7.85. The molecule has 3 aromatic rings. The van der Waals surface area contributed by atoms with E-state index in [9.17, 15) is 13.2 Å². The van der Waals surface area contributed by atoms with Crippen LogP contribution in [0.2, 0.25) is 0 Å². The highest BCUT2D eigenvalue weighted by molar-refractivity contribution is 9.08. The Morgan fingerprint density at radius 2 is 1.15 bits per heavy atom. The summed E-state index contributed by atoms with van der Waals surface area (Å²) in [5, 5.41) is 1.35. The molecule has 3 aromatic carbocycles. The molecule has 26 heavy (non-hydrogen) atoms. The van der Waals surface area contributed by atoms with Crippen LogP contribution in [0.25, 0.3) is 11.1 Å². The van der Waals surface area contributed by atoms with Crippen LogP contribution >= 0.6 is 31.9 Å². The second-order valence-corrected chi connectivity index (χ2v) is 6.65. The average molecular weight is 486 g/mol. The van der Waals surface area contributed by atoms with Crippen molar-refractivity contribution in [1.82, 2.24) is 0 Å². The number of alkyl halides is 5. The minimum atomic E-state index is -4.24. The van der Waals surface area contributed by atoms with E-state index in [0.717, 1.165) is 17.5 Å². The summed E-state index contributed by atoms with van der Waals surface area (Å²) in [7, 11) is 0. The Hall–Kier alpha value is -1.59. The third kappa shape index (κ3) is 6.29. The van der Waals surface area contributed by atoms with Crippen molar-refractivity contribution in [3.05, 3.63) is 95.6 Å². The molecule has 0 aromatic heterocycles. The van der Waals surface area contributed by atoms with Gasteiger partial charge in [0.05, 0.1) is 5.56 Å². The normalized spacial score (nSPS) is 10.8. The van der Waals surface area contributed by atoms with Crippen LogP contribution in [-0.2, 0) is 16.8 Å². The van der Waals surface area contributed by atoms with E-state index in [4.69, 9.17) is 0 Å². The maximum atomic E-state index is 12.1. The van der Waals surface area contributed by atoms with E-state index in [1.807, 2.05) is 6.07 Å². The SMILES string of the molecule is BrCc1cccc(-c2ccccc2)c1.FC(F)(F)c1cccc(CBr)c1. The van der Waals surface area contributed by atoms with E-state index in [0.29, 0.717) is 10.9 Å². The summed E-state index contributed by atoms with van der Waals surface area (Å²) in [5.74, 6) is 0. The molecule has 0 heterocycles. The smallest absolute Gasteiger partial charge is 0.166 e. The fourth-order valence-electron chi connectivity index (χ4n) is 2.30. The molecule has 0 atom stereocenters. The van der Waals surface area contributed by atoms with Gasteiger partial charge in [-0.3, -0.25) is 0 Å². The van der Waals surface area contributed by atoms with E-state index in [-0.39, 0.29) is 0 Å². The highest BCUT2D eigenvalue weighted by atomic mass is 79.9. The molecule has 0 N–H and O–H groups in total. The van der Waals surface area contributed by atoms with Crippen molar-refractivity contribution in [1.29, 1.82) is 0 Å². The zero-order valence-corrected chi connectivity index (χ0v) is 17.0. The Labute approximate surface area is 168 Å². The van der Waals surface area contributed by atoms with Crippen LogP contribution in [0.1, 0.15) is 16.7 Å². The number of rotatable bonds is 3. The van der Waals surface area contributed by atoms with Crippen molar-refractivity contribution in [2.75, 3.05) is 0 Å². The molecule has 0 nitrogen and oxygen atoms in total. The molecular weight excluding hydrogens is 469 g/mol. The Morgan fingerprint density at radius 3 is 1.73 bits per heavy atom. The Morgan fingerprint density at radius 1 is 0.615 bits per heavy atom. The van der Waals surface area contributed by atoms with Crippen LogP contribution in [0, 0.1) is 0 Å². The van der Waals surface area contributed by atoms with Crippen molar-refractivity contribution in [2.45, 2.75) is 16.8 Å². The zero-order valence-electron chi connectivity index (χ0n) is 13.8. The molecule has 136 valence electrons. The van der Waals surface area contributed by atoms with Gasteiger partial charge in [-0.15, -0.1) is 0 Å². The second-order valence-electron chi connectivity index (χ2n) is 5.53. The third-order valence-electron chi connectivity index (χ3n) is 3.60. The van der Waals surface area contributed by atoms with Crippen molar-refractivity contribution < 1.29 is 13.2 Å². The predicted molar refractivity (Wildman–Crippen MR) is 109 cm³/mol. The van der Waals surface area contributed by atoms with Crippen molar-refractivity contribution >= 4 is 31.9 Å². The maximum absolute atomic E-state index is 12.1. The maximum Gasteiger partial charge on any atom is 0.416 e. The fourth-order valence-corrected chi connectivity index (χ4v) is 2.99. The van der Waals surface area contributed by atoms with Gasteiger partial charge in [0.1, 0.15) is 0 Å². The molecule has 0 amide bonds. The van der Waals surface area contributed by atoms with E-state index < -0.39 is 11.7 Å². The Kier molecular flexibility index (Phi) is 7.91. The van der Waals surface area contributed by atoms with Crippen LogP contribution in [0.3, 0.4) is 0 Å². The fraction of sp³-hybridized carbons (Fsp3) is 0.143. The van der Waals surface area contributed by atoms with Crippen LogP contribution in [0.4, 0.5) is 13.2 Å². The Balaban J connectivity index is 0.000000190. The molecule has 0 unspecified atom stereocenters. The first-order chi connectivity index (χ1) is 12.4. The topological polar surface area (TPSA) is 0 Å². The molecule has 0 aliphatic carbocycles. The van der Waals surface area contributed by atoms with E-state index in [1.165, 1.54) is 22.8 Å². The van der Waals surface area contributed by atoms with Gasteiger partial charge in [-0.2, -0.15) is 13.2 Å². The van der Waals surface area contributed by atoms with Gasteiger partial charge in [0.2, 0.25) is 0 Å². The summed E-state index contributed by atoms with van der Waals surface area (Å²) >= 11 is 6.56. The first-order valence-corrected chi connectivity index (χ1v) is 10.1. The summed E-state index contributed by atoms with van der Waals surface area (Å²) in [6.45, 7) is 0. The first kappa shape index (κ1) is 20.7. The molecule has 5 heteroatoms. The summed E-state index contributed by atoms with van der Waals surface area (Å²) in [5.41, 5.74) is 3.90. The highest BCUT2D eigenvalue weighted by Crippen LogP contribution is 2.29. The molecule has 0 saturated carbocycles. The number of hydrogen-bond acceptors (Lipinski definition) is 0. The summed E-state index contributed by atoms with van der Waals surface area (Å²) < 4.78 is 36.3. The molecule has 0 fully saturated rings. The van der Waals surface area contributed by atoms with Gasteiger partial charge in [-0.1, -0.05) is 105 Å². The summed E-state index contributed by atoms with van der Waals surface area (Å²) in [6, 6.07) is 24.3. The second kappa shape index (κ2) is 9.93. The lowest BCUT2D eigenvalue weighted by atomic mass is 10.0. The average Bonchev–Trinajstić information content (AvgIpc) is 2.68. The van der Waals surface area contributed by atoms with Gasteiger partial charge < -0.3 is 0 Å². The highest BCUT2D eigenvalue weighted by Gasteiger charge is 2.30. The minimum absolute atomic E-state index is 0.441. The lowest BCUT2D eigenvalue weighted by Gasteiger charge is -2.06. The molecular formula is C21H17Br2F3. The molecule has 0 radical (unpaired) electrons. The molecule has 0 bridgehead atoms. The van der Waals surface area contributed by atoms with Crippen LogP contribution in [0.15, 0.2) is 78.9 Å². The molecule has 0 spiro atoms. The molecule has 0 saturated heterocycles. The lowest BCUT2D eigenvalue weighted by molar-refractivity contribution is -0.137. The van der Waals surface area contributed by atoms with Gasteiger partial charge in [-0.05, 0) is 28.3 Å². The summed E-state index contributed by atoms with van der Waals surface area (Å²) in [6.07, 6.45) is -4.24. The van der Waals surface area contributed by atoms with E-state index in [1.54, 1.807) is 6.07 Å². The first-order valence-electron chi connectivity index (χ1n) is 7.86. The van der Waals surface area contributed by atoms with Crippen molar-refractivity contribution in [3.8, 4) is 11.1 Å². The molecule has 0 aliphatic heterocycles. The van der Waals surface area contributed by atoms with E-state index >= 15 is 0 Å². The van der Waals surface area contributed by atoms with Crippen molar-refractivity contribution in [3.63, 3.8) is 0 Å². The Bertz CT molecular complexity index is 815. The largest absolute Gasteiger partial charge is 0.416 e. The van der Waals surface area contributed by atoms with Crippen LogP contribution in [0.5, 0.6) is 0 Å². The van der Waals surface area contributed by atoms with Gasteiger partial charge in [0, 0.05) is 10.7 Å². The number of hydrogen-bond donors (Lipinski definition) is 0. The van der Waals surface area contributed by atoms with Gasteiger partial charge in [-0.25, -0.2) is 0 Å². The van der Waals surface area contributed by atoms with Gasteiger partial charge in [0.15, 0.2) is 0 Å². The molecule has 0 aliphatic rings.